The third-order valence-electron chi connectivity index (χ3n) is 5.32. The van der Waals surface area contributed by atoms with Gasteiger partial charge in [-0.2, -0.15) is 0 Å². The Morgan fingerprint density at radius 3 is 2.68 bits per heavy atom. The summed E-state index contributed by atoms with van der Waals surface area (Å²) < 4.78 is 24.6. The average molecular weight is 381 g/mol. The van der Waals surface area contributed by atoms with Gasteiger partial charge in [0.25, 0.3) is 0 Å². The molecule has 0 N–H and O–H groups in total. The highest BCUT2D eigenvalue weighted by molar-refractivity contribution is 5.69. The second-order valence-corrected chi connectivity index (χ2v) is 7.37. The molecule has 1 saturated heterocycles. The van der Waals surface area contributed by atoms with Crippen LogP contribution < -0.4 is 0 Å². The topological polar surface area (TPSA) is 38.8 Å². The van der Waals surface area contributed by atoms with E-state index in [9.17, 15) is 9.18 Å². The Kier molecular flexibility index (Phi) is 5.72. The molecule has 0 radical (unpaired) electrons. The second kappa shape index (κ2) is 8.57. The Bertz CT molecular complexity index is 852. The third-order valence-corrected chi connectivity index (χ3v) is 5.32. The van der Waals surface area contributed by atoms with Gasteiger partial charge >= 0.3 is 6.09 Å². The van der Waals surface area contributed by atoms with E-state index >= 15 is 0 Å². The molecule has 0 saturated carbocycles. The minimum absolute atomic E-state index is 0.00506. The van der Waals surface area contributed by atoms with E-state index < -0.39 is 0 Å². The lowest BCUT2D eigenvalue weighted by atomic mass is 9.91. The molecule has 2 aromatic rings. The molecule has 1 amide bonds. The predicted molar refractivity (Wildman–Crippen MR) is 104 cm³/mol. The first-order valence-corrected chi connectivity index (χ1v) is 9.70. The van der Waals surface area contributed by atoms with Crippen molar-refractivity contribution in [2.75, 3.05) is 13.2 Å². The zero-order valence-corrected chi connectivity index (χ0v) is 15.7. The lowest BCUT2D eigenvalue weighted by molar-refractivity contribution is -0.0375. The number of rotatable bonds is 5. The minimum atomic E-state index is -0.289. The van der Waals surface area contributed by atoms with Crippen LogP contribution in [0.3, 0.4) is 0 Å². The highest BCUT2D eigenvalue weighted by atomic mass is 19.1. The fourth-order valence-corrected chi connectivity index (χ4v) is 3.95. The van der Waals surface area contributed by atoms with Crippen molar-refractivity contribution >= 4 is 6.09 Å². The molecule has 4 nitrogen and oxygen atoms in total. The van der Waals surface area contributed by atoms with Crippen LogP contribution in [0, 0.1) is 5.82 Å². The van der Waals surface area contributed by atoms with Gasteiger partial charge in [-0.15, -0.1) is 0 Å². The first-order valence-electron chi connectivity index (χ1n) is 9.70. The maximum Gasteiger partial charge on any atom is 0.411 e. The molecule has 2 bridgehead atoms. The van der Waals surface area contributed by atoms with E-state index in [0.717, 1.165) is 30.4 Å². The number of amides is 1. The van der Waals surface area contributed by atoms with E-state index in [4.69, 9.17) is 9.47 Å². The van der Waals surface area contributed by atoms with Gasteiger partial charge < -0.3 is 9.47 Å². The number of benzene rings is 2. The minimum Gasteiger partial charge on any atom is -0.445 e. The van der Waals surface area contributed by atoms with Crippen LogP contribution in [-0.4, -0.2) is 36.3 Å². The van der Waals surface area contributed by atoms with Crippen LogP contribution in [0.1, 0.15) is 24.0 Å². The number of ether oxygens (including phenoxy) is 2. The zero-order valence-electron chi connectivity index (χ0n) is 15.7. The fourth-order valence-electron chi connectivity index (χ4n) is 3.95. The average Bonchev–Trinajstić information content (AvgIpc) is 2.70. The Morgan fingerprint density at radius 1 is 1.07 bits per heavy atom. The van der Waals surface area contributed by atoms with Crippen molar-refractivity contribution in [3.05, 3.63) is 83.2 Å². The van der Waals surface area contributed by atoms with E-state index in [-0.39, 0.29) is 30.6 Å². The molecule has 146 valence electrons. The predicted octanol–water partition coefficient (Wildman–Crippen LogP) is 4.49. The molecule has 2 heterocycles. The van der Waals surface area contributed by atoms with E-state index in [0.29, 0.717) is 13.2 Å². The monoisotopic (exact) mass is 381 g/mol. The van der Waals surface area contributed by atoms with Gasteiger partial charge in [0.1, 0.15) is 12.4 Å². The van der Waals surface area contributed by atoms with Crippen LogP contribution in [-0.2, 0) is 22.5 Å². The number of carbonyl (C=O) groups is 1. The lowest BCUT2D eigenvalue weighted by Crippen LogP contribution is -2.56. The highest BCUT2D eigenvalue weighted by Gasteiger charge is 2.38. The number of aryl methyl sites for hydroxylation is 1. The normalized spacial score (nSPS) is 21.2. The highest BCUT2D eigenvalue weighted by Crippen LogP contribution is 2.30. The van der Waals surface area contributed by atoms with E-state index in [2.05, 4.69) is 6.08 Å². The number of carbonyl (C=O) groups excluding carboxylic acids is 1. The molecular formula is C23H24FNO3. The van der Waals surface area contributed by atoms with E-state index in [1.807, 2.05) is 41.3 Å². The summed E-state index contributed by atoms with van der Waals surface area (Å²) in [7, 11) is 0. The smallest absolute Gasteiger partial charge is 0.411 e. The summed E-state index contributed by atoms with van der Waals surface area (Å²) in [5.74, 6) is -0.201. The molecule has 1 fully saturated rings. The van der Waals surface area contributed by atoms with Gasteiger partial charge in [0.15, 0.2) is 0 Å². The third kappa shape index (κ3) is 4.42. The number of fused-ring (bicyclic) bond motifs is 2. The summed E-state index contributed by atoms with van der Waals surface area (Å²) in [5, 5.41) is 0. The maximum atomic E-state index is 13.4. The summed E-state index contributed by atoms with van der Waals surface area (Å²) in [4.78, 5) is 14.5. The molecule has 5 heteroatoms. The van der Waals surface area contributed by atoms with Crippen LogP contribution in [0.5, 0.6) is 0 Å². The summed E-state index contributed by atoms with van der Waals surface area (Å²) >= 11 is 0. The standard InChI is InChI=1S/C23H24FNO3/c24-20-8-4-7-17(11-20)9-10-19-12-21-15-27-16-22(13-19)25(21)23(26)28-14-18-5-2-1-3-6-18/h1-8,11-12,21-22H,9-10,13-16H2. The molecule has 2 unspecified atom stereocenters. The number of nitrogens with zero attached hydrogens (tertiary/aromatic N) is 1. The Morgan fingerprint density at radius 2 is 1.89 bits per heavy atom. The molecule has 2 atom stereocenters. The van der Waals surface area contributed by atoms with Crippen molar-refractivity contribution in [3.63, 3.8) is 0 Å². The molecule has 0 spiro atoms. The van der Waals surface area contributed by atoms with E-state index in [1.165, 1.54) is 11.6 Å². The summed E-state index contributed by atoms with van der Waals surface area (Å²) in [6.07, 6.45) is 4.26. The first kappa shape index (κ1) is 18.7. The number of hydrogen-bond acceptors (Lipinski definition) is 3. The van der Waals surface area contributed by atoms with Crippen LogP contribution in [0.25, 0.3) is 0 Å². The van der Waals surface area contributed by atoms with Gasteiger partial charge in [0.2, 0.25) is 0 Å². The van der Waals surface area contributed by atoms with Gasteiger partial charge in [0, 0.05) is 0 Å². The Labute approximate surface area is 164 Å². The number of hydrogen-bond donors (Lipinski definition) is 0. The van der Waals surface area contributed by atoms with Crippen molar-refractivity contribution in [1.82, 2.24) is 4.90 Å². The Balaban J connectivity index is 1.38. The van der Waals surface area contributed by atoms with Crippen molar-refractivity contribution < 1.29 is 18.7 Å². The SMILES string of the molecule is O=C(OCc1ccccc1)N1C2C=C(CCc3cccc(F)c3)CC1COC2. The van der Waals surface area contributed by atoms with Crippen molar-refractivity contribution in [2.24, 2.45) is 0 Å². The molecule has 2 aliphatic heterocycles. The van der Waals surface area contributed by atoms with Gasteiger partial charge in [-0.25, -0.2) is 9.18 Å². The van der Waals surface area contributed by atoms with Crippen molar-refractivity contribution in [2.45, 2.75) is 38.0 Å². The van der Waals surface area contributed by atoms with Gasteiger partial charge in [-0.05, 0) is 42.5 Å². The van der Waals surface area contributed by atoms with Crippen LogP contribution >= 0.6 is 0 Å². The fraction of sp³-hybridized carbons (Fsp3) is 0.348. The Hall–Kier alpha value is -2.66. The van der Waals surface area contributed by atoms with Gasteiger partial charge in [-0.3, -0.25) is 4.90 Å². The quantitative estimate of drug-likeness (QED) is 0.716. The molecule has 0 aliphatic carbocycles. The summed E-state index contributed by atoms with van der Waals surface area (Å²) in [5.41, 5.74) is 3.27. The molecule has 2 aromatic carbocycles. The number of halogens is 1. The summed E-state index contributed by atoms with van der Waals surface area (Å²) in [6.45, 7) is 1.28. The summed E-state index contributed by atoms with van der Waals surface area (Å²) in [6, 6.07) is 16.3. The molecule has 28 heavy (non-hydrogen) atoms. The lowest BCUT2D eigenvalue weighted by Gasteiger charge is -2.43. The molecule has 0 aromatic heterocycles. The zero-order chi connectivity index (χ0) is 19.3. The van der Waals surface area contributed by atoms with Crippen LogP contribution in [0.15, 0.2) is 66.2 Å². The van der Waals surface area contributed by atoms with Crippen LogP contribution in [0.2, 0.25) is 0 Å². The molecule has 4 rings (SSSR count). The second-order valence-electron chi connectivity index (χ2n) is 7.37. The van der Waals surface area contributed by atoms with E-state index in [1.54, 1.807) is 12.1 Å². The van der Waals surface area contributed by atoms with Crippen molar-refractivity contribution in [3.8, 4) is 0 Å². The first-order chi connectivity index (χ1) is 13.7. The van der Waals surface area contributed by atoms with Crippen LogP contribution in [0.4, 0.5) is 9.18 Å². The molecule has 2 aliphatic rings. The maximum absolute atomic E-state index is 13.4. The van der Waals surface area contributed by atoms with Gasteiger partial charge in [-0.1, -0.05) is 54.1 Å². The number of morpholine rings is 1. The van der Waals surface area contributed by atoms with Crippen molar-refractivity contribution in [1.29, 1.82) is 0 Å². The largest absolute Gasteiger partial charge is 0.445 e. The molecular weight excluding hydrogens is 357 g/mol. The van der Waals surface area contributed by atoms with Gasteiger partial charge in [0.05, 0.1) is 25.3 Å².